The Morgan fingerprint density at radius 3 is 2.94 bits per heavy atom. The van der Waals surface area contributed by atoms with Crippen molar-refractivity contribution in [1.82, 2.24) is 9.78 Å². The highest BCUT2D eigenvalue weighted by atomic mass is 79.9. The first kappa shape index (κ1) is 13.1. The highest BCUT2D eigenvalue weighted by Gasteiger charge is 2.04. The number of aryl methyl sites for hydroxylation is 1. The van der Waals surface area contributed by atoms with Gasteiger partial charge in [-0.25, -0.2) is 4.39 Å². The summed E-state index contributed by atoms with van der Waals surface area (Å²) in [7, 11) is 0. The van der Waals surface area contributed by atoms with Gasteiger partial charge in [0.15, 0.2) is 0 Å². The maximum absolute atomic E-state index is 13.0. The maximum atomic E-state index is 13.0. The van der Waals surface area contributed by atoms with Crippen molar-refractivity contribution in [3.63, 3.8) is 0 Å². The first-order valence-electron chi connectivity index (χ1n) is 5.90. The largest absolute Gasteiger partial charge is 0.378 e. The standard InChI is InChI=1S/C13H15BrFN3/c1-2-7-18-11(5-6-17-18)9-16-13-4-3-10(15)8-12(13)14/h3-6,8,16H,2,7,9H2,1H3. The second-order valence-electron chi connectivity index (χ2n) is 4.02. The highest BCUT2D eigenvalue weighted by Crippen LogP contribution is 2.23. The van der Waals surface area contributed by atoms with Gasteiger partial charge in [-0.2, -0.15) is 5.10 Å². The van der Waals surface area contributed by atoms with Crippen LogP contribution in [0.1, 0.15) is 19.0 Å². The molecule has 1 N–H and O–H groups in total. The van der Waals surface area contributed by atoms with E-state index in [1.165, 1.54) is 12.1 Å². The van der Waals surface area contributed by atoms with Crippen molar-refractivity contribution < 1.29 is 4.39 Å². The van der Waals surface area contributed by atoms with E-state index in [0.29, 0.717) is 6.54 Å². The van der Waals surface area contributed by atoms with Gasteiger partial charge in [-0.05, 0) is 46.6 Å². The molecule has 5 heteroatoms. The number of nitrogens with zero attached hydrogens (tertiary/aromatic N) is 2. The summed E-state index contributed by atoms with van der Waals surface area (Å²) in [5.41, 5.74) is 1.99. The van der Waals surface area contributed by atoms with E-state index in [9.17, 15) is 4.39 Å². The third kappa shape index (κ3) is 3.10. The molecule has 0 fully saturated rings. The molecule has 0 atom stereocenters. The van der Waals surface area contributed by atoms with Crippen LogP contribution in [0.15, 0.2) is 34.9 Å². The third-order valence-electron chi connectivity index (χ3n) is 2.63. The summed E-state index contributed by atoms with van der Waals surface area (Å²) in [4.78, 5) is 0. The molecular formula is C13H15BrFN3. The molecule has 0 amide bonds. The summed E-state index contributed by atoms with van der Waals surface area (Å²) in [6.07, 6.45) is 2.85. The Morgan fingerprint density at radius 1 is 1.39 bits per heavy atom. The SMILES string of the molecule is CCCn1nccc1CNc1ccc(F)cc1Br. The predicted octanol–water partition coefficient (Wildman–Crippen LogP) is 3.81. The van der Waals surface area contributed by atoms with Gasteiger partial charge in [-0.15, -0.1) is 0 Å². The van der Waals surface area contributed by atoms with Crippen LogP contribution in [-0.2, 0) is 13.1 Å². The second kappa shape index (κ2) is 6.00. The Hall–Kier alpha value is -1.36. The minimum absolute atomic E-state index is 0.247. The van der Waals surface area contributed by atoms with E-state index in [1.807, 2.05) is 10.7 Å². The van der Waals surface area contributed by atoms with Gasteiger partial charge in [0, 0.05) is 22.9 Å². The lowest BCUT2D eigenvalue weighted by Crippen LogP contribution is -2.09. The molecule has 0 unspecified atom stereocenters. The smallest absolute Gasteiger partial charge is 0.124 e. The van der Waals surface area contributed by atoms with Crippen LogP contribution in [0.3, 0.4) is 0 Å². The molecule has 0 radical (unpaired) electrons. The van der Waals surface area contributed by atoms with Crippen LogP contribution >= 0.6 is 15.9 Å². The Morgan fingerprint density at radius 2 is 2.22 bits per heavy atom. The van der Waals surface area contributed by atoms with Crippen LogP contribution in [0.4, 0.5) is 10.1 Å². The number of rotatable bonds is 5. The van der Waals surface area contributed by atoms with Crippen LogP contribution in [0, 0.1) is 5.82 Å². The van der Waals surface area contributed by atoms with Gasteiger partial charge in [0.2, 0.25) is 0 Å². The highest BCUT2D eigenvalue weighted by molar-refractivity contribution is 9.10. The van der Waals surface area contributed by atoms with Gasteiger partial charge in [-0.1, -0.05) is 6.92 Å². The van der Waals surface area contributed by atoms with E-state index in [2.05, 4.69) is 33.3 Å². The molecule has 0 saturated heterocycles. The van der Waals surface area contributed by atoms with Crippen molar-refractivity contribution >= 4 is 21.6 Å². The maximum Gasteiger partial charge on any atom is 0.124 e. The fourth-order valence-corrected chi connectivity index (χ4v) is 2.23. The van der Waals surface area contributed by atoms with E-state index >= 15 is 0 Å². The number of nitrogens with one attached hydrogen (secondary N) is 1. The Kier molecular flexibility index (Phi) is 4.36. The van der Waals surface area contributed by atoms with Crippen molar-refractivity contribution in [3.8, 4) is 0 Å². The molecule has 1 aromatic heterocycles. The fourth-order valence-electron chi connectivity index (χ4n) is 1.74. The molecule has 96 valence electrons. The molecule has 0 aliphatic carbocycles. The van der Waals surface area contributed by atoms with Gasteiger partial charge in [0.05, 0.1) is 12.2 Å². The molecular weight excluding hydrogens is 297 g/mol. The molecule has 0 bridgehead atoms. The van der Waals surface area contributed by atoms with Crippen molar-refractivity contribution in [3.05, 3.63) is 46.4 Å². The topological polar surface area (TPSA) is 29.9 Å². The Labute approximate surface area is 114 Å². The average molecular weight is 312 g/mol. The number of anilines is 1. The van der Waals surface area contributed by atoms with Crippen LogP contribution in [0.5, 0.6) is 0 Å². The Balaban J connectivity index is 2.04. The molecule has 0 saturated carbocycles. The van der Waals surface area contributed by atoms with E-state index in [1.54, 1.807) is 12.3 Å². The van der Waals surface area contributed by atoms with Crippen LogP contribution < -0.4 is 5.32 Å². The minimum atomic E-state index is -0.247. The lowest BCUT2D eigenvalue weighted by molar-refractivity contribution is 0.578. The molecule has 2 rings (SSSR count). The average Bonchev–Trinajstić information content (AvgIpc) is 2.76. The van der Waals surface area contributed by atoms with Crippen molar-refractivity contribution in [2.75, 3.05) is 5.32 Å². The fraction of sp³-hybridized carbons (Fsp3) is 0.308. The number of benzene rings is 1. The summed E-state index contributed by atoms with van der Waals surface area (Å²) in [6.45, 7) is 3.70. The molecule has 0 aliphatic rings. The van der Waals surface area contributed by atoms with Crippen LogP contribution in [-0.4, -0.2) is 9.78 Å². The normalized spacial score (nSPS) is 10.6. The molecule has 18 heavy (non-hydrogen) atoms. The lowest BCUT2D eigenvalue weighted by Gasteiger charge is -2.10. The third-order valence-corrected chi connectivity index (χ3v) is 3.29. The number of halogens is 2. The minimum Gasteiger partial charge on any atom is -0.378 e. The number of hydrogen-bond donors (Lipinski definition) is 1. The van der Waals surface area contributed by atoms with Gasteiger partial charge >= 0.3 is 0 Å². The van der Waals surface area contributed by atoms with Gasteiger partial charge < -0.3 is 5.32 Å². The van der Waals surface area contributed by atoms with Crippen LogP contribution in [0.2, 0.25) is 0 Å². The monoisotopic (exact) mass is 311 g/mol. The quantitative estimate of drug-likeness (QED) is 0.910. The second-order valence-corrected chi connectivity index (χ2v) is 4.88. The van der Waals surface area contributed by atoms with E-state index in [0.717, 1.165) is 28.8 Å². The summed E-state index contributed by atoms with van der Waals surface area (Å²) in [6, 6.07) is 6.60. The van der Waals surface area contributed by atoms with E-state index < -0.39 is 0 Å². The lowest BCUT2D eigenvalue weighted by atomic mass is 10.3. The van der Waals surface area contributed by atoms with Gasteiger partial charge in [-0.3, -0.25) is 4.68 Å². The first-order valence-corrected chi connectivity index (χ1v) is 6.69. The molecule has 1 heterocycles. The summed E-state index contributed by atoms with van der Waals surface area (Å²) in [5, 5.41) is 7.53. The van der Waals surface area contributed by atoms with E-state index in [-0.39, 0.29) is 5.82 Å². The number of aromatic nitrogens is 2. The molecule has 1 aromatic carbocycles. The predicted molar refractivity (Wildman–Crippen MR) is 73.9 cm³/mol. The number of hydrogen-bond acceptors (Lipinski definition) is 2. The van der Waals surface area contributed by atoms with Gasteiger partial charge in [0.1, 0.15) is 5.82 Å². The van der Waals surface area contributed by atoms with Crippen LogP contribution in [0.25, 0.3) is 0 Å². The van der Waals surface area contributed by atoms with Crippen molar-refractivity contribution in [2.24, 2.45) is 0 Å². The molecule has 2 aromatic rings. The molecule has 0 aliphatic heterocycles. The molecule has 3 nitrogen and oxygen atoms in total. The summed E-state index contributed by atoms with van der Waals surface area (Å²) < 4.78 is 15.7. The van der Waals surface area contributed by atoms with Crippen molar-refractivity contribution in [1.29, 1.82) is 0 Å². The zero-order valence-electron chi connectivity index (χ0n) is 10.2. The van der Waals surface area contributed by atoms with Gasteiger partial charge in [0.25, 0.3) is 0 Å². The summed E-state index contributed by atoms with van der Waals surface area (Å²) >= 11 is 3.34. The summed E-state index contributed by atoms with van der Waals surface area (Å²) in [5.74, 6) is -0.247. The zero-order chi connectivity index (χ0) is 13.0. The van der Waals surface area contributed by atoms with Crippen molar-refractivity contribution in [2.45, 2.75) is 26.4 Å². The zero-order valence-corrected chi connectivity index (χ0v) is 11.7. The molecule has 0 spiro atoms. The van der Waals surface area contributed by atoms with E-state index in [4.69, 9.17) is 0 Å². The Bertz CT molecular complexity index is 525. The first-order chi connectivity index (χ1) is 8.70.